The molecule has 2 heterocycles. The van der Waals surface area contributed by atoms with Crippen molar-refractivity contribution in [3.63, 3.8) is 0 Å². The molecule has 0 saturated carbocycles. The van der Waals surface area contributed by atoms with E-state index in [1.54, 1.807) is 24.3 Å². The minimum atomic E-state index is -3.61. The third-order valence-corrected chi connectivity index (χ3v) is 7.36. The third-order valence-electron chi connectivity index (χ3n) is 5.46. The van der Waals surface area contributed by atoms with E-state index in [1.807, 2.05) is 41.9 Å². The highest BCUT2D eigenvalue weighted by atomic mass is 35.5. The highest BCUT2D eigenvalue weighted by molar-refractivity contribution is 7.91. The molecule has 0 N–H and O–H groups in total. The van der Waals surface area contributed by atoms with E-state index in [1.165, 1.54) is 0 Å². The number of nitrogens with zero attached hydrogens (tertiary/aromatic N) is 2. The number of ether oxygens (including phenoxy) is 1. The first-order valence-electron chi connectivity index (χ1n) is 11.3. The Morgan fingerprint density at radius 2 is 1.62 bits per heavy atom. The maximum atomic E-state index is 13.4. The molecule has 0 atom stereocenters. The fourth-order valence-electron chi connectivity index (χ4n) is 3.99. The second kappa shape index (κ2) is 12.3. The van der Waals surface area contributed by atoms with Gasteiger partial charge in [0.1, 0.15) is 10.6 Å². The number of hydrogen-bond acceptors (Lipinski definition) is 4. The predicted octanol–water partition coefficient (Wildman–Crippen LogP) is 5.65. The first kappa shape index (κ1) is 26.2. The van der Waals surface area contributed by atoms with Gasteiger partial charge < -0.3 is 14.0 Å². The quantitative estimate of drug-likeness (QED) is 0.316. The van der Waals surface area contributed by atoms with Gasteiger partial charge in [-0.25, -0.2) is 8.42 Å². The lowest BCUT2D eigenvalue weighted by atomic mass is 10.2. The number of sulfone groups is 1. The van der Waals surface area contributed by atoms with Crippen LogP contribution < -0.4 is 4.74 Å². The SMILES string of the molecule is CCCN(CCC)CCCOc1ccc(S(=O)(=O)c2c(CC)cn3ccccc23)cc1.Cl. The number of hydrogen-bond donors (Lipinski definition) is 0. The number of pyridine rings is 1. The van der Waals surface area contributed by atoms with Crippen molar-refractivity contribution in [1.29, 1.82) is 0 Å². The molecule has 32 heavy (non-hydrogen) atoms. The summed E-state index contributed by atoms with van der Waals surface area (Å²) in [6.45, 7) is 10.3. The summed E-state index contributed by atoms with van der Waals surface area (Å²) in [5.41, 5.74) is 1.54. The number of fused-ring (bicyclic) bond motifs is 1. The maximum Gasteiger partial charge on any atom is 0.208 e. The van der Waals surface area contributed by atoms with Crippen LogP contribution in [0.25, 0.3) is 5.52 Å². The van der Waals surface area contributed by atoms with E-state index in [-0.39, 0.29) is 12.4 Å². The first-order chi connectivity index (χ1) is 15.0. The van der Waals surface area contributed by atoms with Gasteiger partial charge in [0, 0.05) is 18.9 Å². The van der Waals surface area contributed by atoms with E-state index in [9.17, 15) is 8.42 Å². The molecule has 3 rings (SSSR count). The molecule has 2 aromatic heterocycles. The predicted molar refractivity (Wildman–Crippen MR) is 133 cm³/mol. The van der Waals surface area contributed by atoms with E-state index < -0.39 is 9.84 Å². The van der Waals surface area contributed by atoms with Gasteiger partial charge in [-0.05, 0) is 80.7 Å². The maximum absolute atomic E-state index is 13.4. The molecular weight excluding hydrogens is 444 g/mol. The molecule has 0 bridgehead atoms. The van der Waals surface area contributed by atoms with Gasteiger partial charge in [-0.15, -0.1) is 12.4 Å². The highest BCUT2D eigenvalue weighted by Crippen LogP contribution is 2.31. The van der Waals surface area contributed by atoms with Gasteiger partial charge in [-0.1, -0.05) is 26.8 Å². The zero-order valence-electron chi connectivity index (χ0n) is 19.3. The number of halogens is 1. The van der Waals surface area contributed by atoms with Crippen molar-refractivity contribution in [1.82, 2.24) is 9.30 Å². The van der Waals surface area contributed by atoms with E-state index >= 15 is 0 Å². The number of rotatable bonds is 12. The molecule has 0 unspecified atom stereocenters. The molecule has 3 aromatic rings. The summed E-state index contributed by atoms with van der Waals surface area (Å²) in [4.78, 5) is 3.16. The monoisotopic (exact) mass is 478 g/mol. The molecular formula is C25H35ClN2O3S. The first-order valence-corrected chi connectivity index (χ1v) is 12.8. The van der Waals surface area contributed by atoms with Gasteiger partial charge in [0.2, 0.25) is 9.84 Å². The smallest absolute Gasteiger partial charge is 0.208 e. The van der Waals surface area contributed by atoms with Crippen molar-refractivity contribution in [2.45, 2.75) is 56.2 Å². The average Bonchev–Trinajstić information content (AvgIpc) is 3.17. The molecule has 0 saturated heterocycles. The fraction of sp³-hybridized carbons (Fsp3) is 0.440. The topological polar surface area (TPSA) is 51.0 Å². The van der Waals surface area contributed by atoms with Crippen molar-refractivity contribution in [3.8, 4) is 5.75 Å². The zero-order valence-corrected chi connectivity index (χ0v) is 20.9. The van der Waals surface area contributed by atoms with Gasteiger partial charge in [-0.3, -0.25) is 0 Å². The Kier molecular flexibility index (Phi) is 10.1. The minimum absolute atomic E-state index is 0. The Morgan fingerprint density at radius 1 is 0.938 bits per heavy atom. The fourth-order valence-corrected chi connectivity index (χ4v) is 5.71. The van der Waals surface area contributed by atoms with Crippen LogP contribution >= 0.6 is 12.4 Å². The summed E-state index contributed by atoms with van der Waals surface area (Å²) in [5, 5.41) is 0. The van der Waals surface area contributed by atoms with Crippen LogP contribution in [0.5, 0.6) is 5.75 Å². The van der Waals surface area contributed by atoms with Crippen molar-refractivity contribution >= 4 is 27.8 Å². The molecule has 7 heteroatoms. The Hall–Kier alpha value is -2.02. The van der Waals surface area contributed by atoms with E-state index in [4.69, 9.17) is 4.74 Å². The Balaban J connectivity index is 0.00000363. The second-order valence-electron chi connectivity index (χ2n) is 7.85. The van der Waals surface area contributed by atoms with Crippen LogP contribution in [0.2, 0.25) is 0 Å². The van der Waals surface area contributed by atoms with Gasteiger partial charge in [-0.2, -0.15) is 0 Å². The number of aromatic nitrogens is 1. The van der Waals surface area contributed by atoms with E-state index in [0.29, 0.717) is 34.1 Å². The lowest BCUT2D eigenvalue weighted by Gasteiger charge is -2.20. The van der Waals surface area contributed by atoms with Crippen LogP contribution in [0, 0.1) is 0 Å². The summed E-state index contributed by atoms with van der Waals surface area (Å²) in [6, 6.07) is 12.4. The third kappa shape index (κ3) is 6.06. The van der Waals surface area contributed by atoms with Crippen molar-refractivity contribution in [2.75, 3.05) is 26.2 Å². The lowest BCUT2D eigenvalue weighted by molar-refractivity contribution is 0.234. The normalized spacial score (nSPS) is 11.6. The summed E-state index contributed by atoms with van der Waals surface area (Å²) in [5.74, 6) is 0.703. The lowest BCUT2D eigenvalue weighted by Crippen LogP contribution is -2.27. The summed E-state index contributed by atoms with van der Waals surface area (Å²) in [6.07, 6.45) is 7.72. The number of aryl methyl sites for hydroxylation is 1. The van der Waals surface area contributed by atoms with Crippen molar-refractivity contribution in [2.24, 2.45) is 0 Å². The zero-order chi connectivity index (χ0) is 22.3. The van der Waals surface area contributed by atoms with Crippen LogP contribution in [0.1, 0.15) is 45.6 Å². The van der Waals surface area contributed by atoms with Gasteiger partial charge in [0.25, 0.3) is 0 Å². The van der Waals surface area contributed by atoms with Gasteiger partial charge in [0.05, 0.1) is 17.0 Å². The summed E-state index contributed by atoms with van der Waals surface area (Å²) < 4.78 is 34.5. The van der Waals surface area contributed by atoms with Crippen LogP contribution in [-0.2, 0) is 16.3 Å². The van der Waals surface area contributed by atoms with Crippen LogP contribution in [0.4, 0.5) is 0 Å². The molecule has 0 radical (unpaired) electrons. The molecule has 1 aromatic carbocycles. The Labute approximate surface area is 198 Å². The Bertz CT molecular complexity index is 1070. The van der Waals surface area contributed by atoms with E-state index in [2.05, 4.69) is 18.7 Å². The largest absolute Gasteiger partial charge is 0.494 e. The molecule has 0 spiro atoms. The van der Waals surface area contributed by atoms with Crippen molar-refractivity contribution in [3.05, 3.63) is 60.4 Å². The molecule has 0 aliphatic heterocycles. The van der Waals surface area contributed by atoms with Crippen LogP contribution in [-0.4, -0.2) is 44.0 Å². The molecule has 0 aliphatic carbocycles. The Morgan fingerprint density at radius 3 is 2.25 bits per heavy atom. The molecule has 0 aliphatic rings. The summed E-state index contributed by atoms with van der Waals surface area (Å²) in [7, 11) is -3.61. The number of benzene rings is 1. The minimum Gasteiger partial charge on any atom is -0.494 e. The van der Waals surface area contributed by atoms with Crippen LogP contribution in [0.3, 0.4) is 0 Å². The average molecular weight is 479 g/mol. The summed E-state index contributed by atoms with van der Waals surface area (Å²) >= 11 is 0. The van der Waals surface area contributed by atoms with Crippen molar-refractivity contribution < 1.29 is 13.2 Å². The molecule has 0 fully saturated rings. The van der Waals surface area contributed by atoms with Crippen LogP contribution in [0.15, 0.2) is 64.6 Å². The molecule has 5 nitrogen and oxygen atoms in total. The van der Waals surface area contributed by atoms with Gasteiger partial charge in [0.15, 0.2) is 0 Å². The van der Waals surface area contributed by atoms with E-state index in [0.717, 1.165) is 44.5 Å². The van der Waals surface area contributed by atoms with Gasteiger partial charge >= 0.3 is 0 Å². The standard InChI is InChI=1S/C25H34N2O3S.ClH/c1-4-15-26(16-5-2)17-9-19-30-22-11-13-23(14-12-22)31(28,29)25-21(6-3)20-27-18-8-7-10-24(25)27;/h7-8,10-14,18,20H,4-6,9,15-17,19H2,1-3H3;1H. The molecule has 176 valence electrons. The molecule has 0 amide bonds. The highest BCUT2D eigenvalue weighted by Gasteiger charge is 2.25. The second-order valence-corrected chi connectivity index (χ2v) is 9.74.